The summed E-state index contributed by atoms with van der Waals surface area (Å²) in [5.41, 5.74) is 2.08. The molecule has 1 fully saturated rings. The molecule has 0 spiro atoms. The first-order chi connectivity index (χ1) is 10.6. The summed E-state index contributed by atoms with van der Waals surface area (Å²) in [5.74, 6) is 0.128. The fourth-order valence-corrected chi connectivity index (χ4v) is 3.82. The number of hydrogen-bond acceptors (Lipinski definition) is 4. The van der Waals surface area contributed by atoms with E-state index < -0.39 is 0 Å². The van der Waals surface area contributed by atoms with Gasteiger partial charge in [-0.2, -0.15) is 0 Å². The molecule has 1 saturated heterocycles. The molecule has 0 bridgehead atoms. The highest BCUT2D eigenvalue weighted by molar-refractivity contribution is 7.13. The van der Waals surface area contributed by atoms with Crippen LogP contribution in [0.15, 0.2) is 30.3 Å². The summed E-state index contributed by atoms with van der Waals surface area (Å²) in [5, 5.41) is 4.33. The second-order valence-corrected chi connectivity index (χ2v) is 6.82. The van der Waals surface area contributed by atoms with Crippen molar-refractivity contribution in [3.63, 3.8) is 0 Å². The van der Waals surface area contributed by atoms with Gasteiger partial charge in [-0.25, -0.2) is 4.98 Å². The van der Waals surface area contributed by atoms with Gasteiger partial charge in [0.15, 0.2) is 0 Å². The van der Waals surface area contributed by atoms with Crippen molar-refractivity contribution in [2.75, 3.05) is 19.6 Å². The van der Waals surface area contributed by atoms with Crippen LogP contribution in [-0.2, 0) is 6.42 Å². The third kappa shape index (κ3) is 3.20. The molecule has 1 amide bonds. The van der Waals surface area contributed by atoms with E-state index in [2.05, 4.69) is 29.4 Å². The minimum absolute atomic E-state index is 0.128. The molecule has 1 aromatic carbocycles. The molecule has 0 aliphatic carbocycles. The maximum Gasteiger partial charge on any atom is 0.266 e. The van der Waals surface area contributed by atoms with Gasteiger partial charge in [0, 0.05) is 32.1 Å². The lowest BCUT2D eigenvalue weighted by Crippen LogP contribution is -2.52. The number of rotatable bonds is 3. The van der Waals surface area contributed by atoms with Crippen molar-refractivity contribution in [3.05, 3.63) is 51.5 Å². The summed E-state index contributed by atoms with van der Waals surface area (Å²) in [4.78, 5) is 20.1. The zero-order chi connectivity index (χ0) is 15.5. The predicted octanol–water partition coefficient (Wildman–Crippen LogP) is 2.48. The molecular formula is C17H21N3OS. The second-order valence-electron chi connectivity index (χ2n) is 5.74. The molecule has 0 unspecified atom stereocenters. The maximum atomic E-state index is 12.8. The van der Waals surface area contributed by atoms with Crippen LogP contribution in [0.3, 0.4) is 0 Å². The SMILES string of the molecule is Cc1nc(Cc2ccccc2)sc1C(=O)N1CCNC[C@H]1C. The molecule has 116 valence electrons. The van der Waals surface area contributed by atoms with Crippen molar-refractivity contribution in [3.8, 4) is 0 Å². The Hall–Kier alpha value is -1.72. The molecule has 0 radical (unpaired) electrons. The summed E-state index contributed by atoms with van der Waals surface area (Å²) < 4.78 is 0. The maximum absolute atomic E-state index is 12.8. The summed E-state index contributed by atoms with van der Waals surface area (Å²) >= 11 is 1.54. The number of nitrogens with zero attached hydrogens (tertiary/aromatic N) is 2. The number of carbonyl (C=O) groups is 1. The predicted molar refractivity (Wildman–Crippen MR) is 89.5 cm³/mol. The van der Waals surface area contributed by atoms with E-state index in [4.69, 9.17) is 0 Å². The molecule has 4 nitrogen and oxygen atoms in total. The van der Waals surface area contributed by atoms with E-state index >= 15 is 0 Å². The number of piperazine rings is 1. The van der Waals surface area contributed by atoms with Crippen molar-refractivity contribution < 1.29 is 4.79 Å². The number of hydrogen-bond donors (Lipinski definition) is 1. The summed E-state index contributed by atoms with van der Waals surface area (Å²) in [6.45, 7) is 6.52. The van der Waals surface area contributed by atoms with Crippen LogP contribution in [0, 0.1) is 6.92 Å². The average molecular weight is 315 g/mol. The Labute approximate surface area is 135 Å². The van der Waals surface area contributed by atoms with Gasteiger partial charge in [-0.3, -0.25) is 4.79 Å². The van der Waals surface area contributed by atoms with E-state index in [-0.39, 0.29) is 11.9 Å². The van der Waals surface area contributed by atoms with Gasteiger partial charge in [-0.1, -0.05) is 30.3 Å². The standard InChI is InChI=1S/C17H21N3OS/c1-12-11-18-8-9-20(12)17(21)16-13(2)19-15(22-16)10-14-6-4-3-5-7-14/h3-7,12,18H,8-11H2,1-2H3/t12-/m1/s1. The summed E-state index contributed by atoms with van der Waals surface area (Å²) in [6, 6.07) is 10.5. The number of amides is 1. The molecule has 2 heterocycles. The molecule has 1 aromatic heterocycles. The summed E-state index contributed by atoms with van der Waals surface area (Å²) in [6.07, 6.45) is 0.788. The quantitative estimate of drug-likeness (QED) is 0.946. The van der Waals surface area contributed by atoms with E-state index in [0.717, 1.165) is 41.6 Å². The lowest BCUT2D eigenvalue weighted by Gasteiger charge is -2.33. The topological polar surface area (TPSA) is 45.2 Å². The summed E-state index contributed by atoms with van der Waals surface area (Å²) in [7, 11) is 0. The Morgan fingerprint density at radius 3 is 2.91 bits per heavy atom. The number of nitrogens with one attached hydrogen (secondary N) is 1. The third-order valence-electron chi connectivity index (χ3n) is 4.00. The second kappa shape index (κ2) is 6.58. The van der Waals surface area contributed by atoms with Crippen molar-refractivity contribution >= 4 is 17.2 Å². The number of carbonyl (C=O) groups excluding carboxylic acids is 1. The number of thiazole rings is 1. The highest BCUT2D eigenvalue weighted by atomic mass is 32.1. The van der Waals surface area contributed by atoms with Crippen LogP contribution >= 0.6 is 11.3 Å². The molecule has 1 N–H and O–H groups in total. The van der Waals surface area contributed by atoms with Crippen LogP contribution < -0.4 is 5.32 Å². The van der Waals surface area contributed by atoms with Gasteiger partial charge in [0.2, 0.25) is 0 Å². The molecule has 1 atom stereocenters. The number of aryl methyl sites for hydroxylation is 1. The van der Waals surface area contributed by atoms with E-state index in [1.54, 1.807) is 0 Å². The lowest BCUT2D eigenvalue weighted by molar-refractivity contribution is 0.0660. The zero-order valence-electron chi connectivity index (χ0n) is 13.0. The fraction of sp³-hybridized carbons (Fsp3) is 0.412. The lowest BCUT2D eigenvalue weighted by atomic mass is 10.2. The normalized spacial score (nSPS) is 18.5. The average Bonchev–Trinajstić information content (AvgIpc) is 2.88. The Bertz CT molecular complexity index is 653. The number of benzene rings is 1. The molecule has 1 aliphatic heterocycles. The zero-order valence-corrected chi connectivity index (χ0v) is 13.8. The molecule has 22 heavy (non-hydrogen) atoms. The van der Waals surface area contributed by atoms with Crippen LogP contribution in [0.1, 0.15) is 32.9 Å². The molecular weight excluding hydrogens is 294 g/mol. The van der Waals surface area contributed by atoms with Gasteiger partial charge in [0.05, 0.1) is 10.7 Å². The minimum atomic E-state index is 0.128. The van der Waals surface area contributed by atoms with Crippen LogP contribution in [0.2, 0.25) is 0 Å². The van der Waals surface area contributed by atoms with Gasteiger partial charge in [0.1, 0.15) is 4.88 Å². The van der Waals surface area contributed by atoms with Gasteiger partial charge in [-0.15, -0.1) is 11.3 Å². The van der Waals surface area contributed by atoms with Crippen molar-refractivity contribution in [1.82, 2.24) is 15.2 Å². The molecule has 1 aliphatic rings. The van der Waals surface area contributed by atoms with Gasteiger partial charge in [-0.05, 0) is 19.4 Å². The molecule has 5 heteroatoms. The van der Waals surface area contributed by atoms with Crippen molar-refractivity contribution in [2.45, 2.75) is 26.3 Å². The first-order valence-corrected chi connectivity index (χ1v) is 8.48. The van der Waals surface area contributed by atoms with E-state index in [1.807, 2.05) is 30.0 Å². The first kappa shape index (κ1) is 15.2. The van der Waals surface area contributed by atoms with Crippen LogP contribution in [0.5, 0.6) is 0 Å². The van der Waals surface area contributed by atoms with Gasteiger partial charge in [0.25, 0.3) is 5.91 Å². The third-order valence-corrected chi connectivity index (χ3v) is 5.14. The van der Waals surface area contributed by atoms with Crippen molar-refractivity contribution in [2.24, 2.45) is 0 Å². The number of aromatic nitrogens is 1. The fourth-order valence-electron chi connectivity index (χ4n) is 2.77. The van der Waals surface area contributed by atoms with Crippen LogP contribution in [0.4, 0.5) is 0 Å². The van der Waals surface area contributed by atoms with Gasteiger partial charge >= 0.3 is 0 Å². The van der Waals surface area contributed by atoms with E-state index in [0.29, 0.717) is 0 Å². The smallest absolute Gasteiger partial charge is 0.266 e. The Kier molecular flexibility index (Phi) is 4.55. The molecule has 0 saturated carbocycles. The van der Waals surface area contributed by atoms with E-state index in [9.17, 15) is 4.79 Å². The first-order valence-electron chi connectivity index (χ1n) is 7.67. The molecule has 3 rings (SSSR count). The van der Waals surface area contributed by atoms with Crippen LogP contribution in [0.25, 0.3) is 0 Å². The largest absolute Gasteiger partial charge is 0.333 e. The van der Waals surface area contributed by atoms with Gasteiger partial charge < -0.3 is 10.2 Å². The highest BCUT2D eigenvalue weighted by Gasteiger charge is 2.27. The Morgan fingerprint density at radius 2 is 2.18 bits per heavy atom. The minimum Gasteiger partial charge on any atom is -0.333 e. The van der Waals surface area contributed by atoms with E-state index in [1.165, 1.54) is 16.9 Å². The monoisotopic (exact) mass is 315 g/mol. The highest BCUT2D eigenvalue weighted by Crippen LogP contribution is 2.23. The van der Waals surface area contributed by atoms with Crippen molar-refractivity contribution in [1.29, 1.82) is 0 Å². The Morgan fingerprint density at radius 1 is 1.41 bits per heavy atom. The Balaban J connectivity index is 1.78. The molecule has 2 aromatic rings. The van der Waals surface area contributed by atoms with Crippen LogP contribution in [-0.4, -0.2) is 41.5 Å².